The normalized spacial score (nSPS) is 14.0. The number of benzene rings is 2. The lowest BCUT2D eigenvalue weighted by Crippen LogP contribution is -2.31. The molecular weight excluding hydrogens is 456 g/mol. The third-order valence-corrected chi connectivity index (χ3v) is 7.87. The lowest BCUT2D eigenvalue weighted by Gasteiger charge is -2.28. The van der Waals surface area contributed by atoms with Crippen molar-refractivity contribution in [3.05, 3.63) is 58.7 Å². The topological polar surface area (TPSA) is 92.3 Å². The van der Waals surface area contributed by atoms with Gasteiger partial charge in [0.25, 0.3) is 10.0 Å². The number of aryl methyl sites for hydroxylation is 2. The molecule has 31 heavy (non-hydrogen) atoms. The molecule has 0 radical (unpaired) electrons. The molecule has 0 atom stereocenters. The first-order chi connectivity index (χ1) is 14.7. The number of rotatable bonds is 4. The zero-order valence-electron chi connectivity index (χ0n) is 17.0. The van der Waals surface area contributed by atoms with E-state index in [0.717, 1.165) is 28.6 Å². The Bertz CT molecular complexity index is 1290. The summed E-state index contributed by atoms with van der Waals surface area (Å²) in [4.78, 5) is 21.1. The number of thioether (sulfide) groups is 1. The molecule has 7 nitrogen and oxygen atoms in total. The third kappa shape index (κ3) is 4.00. The highest BCUT2D eigenvalue weighted by atomic mass is 35.5. The Morgan fingerprint density at radius 2 is 1.90 bits per heavy atom. The Hall–Kier alpha value is -2.62. The van der Waals surface area contributed by atoms with Crippen LogP contribution < -0.4 is 9.62 Å². The summed E-state index contributed by atoms with van der Waals surface area (Å²) in [6.07, 6.45) is 1.29. The maximum Gasteiger partial charge on any atom is 0.267 e. The number of carbonyl (C=O) groups excluding carboxylic acids is 1. The molecule has 0 fully saturated rings. The van der Waals surface area contributed by atoms with Crippen LogP contribution in [0.25, 0.3) is 11.3 Å². The van der Waals surface area contributed by atoms with Crippen molar-refractivity contribution >= 4 is 50.7 Å². The van der Waals surface area contributed by atoms with Crippen molar-refractivity contribution in [2.75, 3.05) is 22.4 Å². The van der Waals surface area contributed by atoms with Gasteiger partial charge in [-0.1, -0.05) is 41.6 Å². The van der Waals surface area contributed by atoms with Gasteiger partial charge in [-0.05, 0) is 43.2 Å². The van der Waals surface area contributed by atoms with Crippen molar-refractivity contribution in [3.63, 3.8) is 0 Å². The molecule has 2 heterocycles. The van der Waals surface area contributed by atoms with Crippen molar-refractivity contribution < 1.29 is 13.2 Å². The van der Waals surface area contributed by atoms with E-state index in [-0.39, 0.29) is 16.6 Å². The molecule has 4 rings (SSSR count). The third-order valence-electron chi connectivity index (χ3n) is 5.00. The zero-order chi connectivity index (χ0) is 22.3. The largest absolute Gasteiger partial charge is 0.325 e. The summed E-state index contributed by atoms with van der Waals surface area (Å²) >= 11 is 7.21. The average Bonchev–Trinajstić information content (AvgIpc) is 2.73. The number of hydrogen-bond acceptors (Lipinski definition) is 6. The monoisotopic (exact) mass is 474 g/mol. The predicted molar refractivity (Wildman–Crippen MR) is 123 cm³/mol. The van der Waals surface area contributed by atoms with E-state index in [1.165, 1.54) is 17.5 Å². The first-order valence-electron chi connectivity index (χ1n) is 9.33. The minimum atomic E-state index is -3.79. The second kappa shape index (κ2) is 8.14. The Morgan fingerprint density at radius 3 is 2.61 bits per heavy atom. The summed E-state index contributed by atoms with van der Waals surface area (Å²) in [7, 11) is -2.32. The number of carbonyl (C=O) groups is 1. The van der Waals surface area contributed by atoms with Crippen molar-refractivity contribution in [1.29, 1.82) is 0 Å². The molecule has 0 bridgehead atoms. The van der Waals surface area contributed by atoms with E-state index in [4.69, 9.17) is 11.6 Å². The maximum atomic E-state index is 12.9. The molecule has 0 aliphatic carbocycles. The molecule has 1 aliphatic heterocycles. The fraction of sp³-hybridized carbons (Fsp3) is 0.190. The van der Waals surface area contributed by atoms with Gasteiger partial charge in [0.15, 0.2) is 5.16 Å². The van der Waals surface area contributed by atoms with Gasteiger partial charge >= 0.3 is 0 Å². The zero-order valence-corrected chi connectivity index (χ0v) is 19.4. The summed E-state index contributed by atoms with van der Waals surface area (Å²) in [6.45, 7) is 3.87. The second-order valence-electron chi connectivity index (χ2n) is 7.10. The number of fused-ring (bicyclic) bond motifs is 3. The molecule has 160 valence electrons. The van der Waals surface area contributed by atoms with Crippen LogP contribution in [-0.2, 0) is 14.8 Å². The van der Waals surface area contributed by atoms with Crippen LogP contribution in [0.1, 0.15) is 11.1 Å². The Balaban J connectivity index is 1.59. The van der Waals surface area contributed by atoms with Gasteiger partial charge in [-0.3, -0.25) is 9.10 Å². The van der Waals surface area contributed by atoms with Crippen molar-refractivity contribution in [2.45, 2.75) is 23.9 Å². The van der Waals surface area contributed by atoms with Crippen LogP contribution >= 0.6 is 23.4 Å². The molecule has 0 unspecified atom stereocenters. The number of amides is 1. The lowest BCUT2D eigenvalue weighted by molar-refractivity contribution is -0.113. The van der Waals surface area contributed by atoms with Gasteiger partial charge in [0.05, 0.1) is 23.3 Å². The SMILES string of the molecule is Cc1cccc(C)c1NC(=O)CSc1ncc2c(n1)-c1ccc(Cl)cc1N(C)S2(=O)=O. The highest BCUT2D eigenvalue weighted by Gasteiger charge is 2.34. The average molecular weight is 475 g/mol. The van der Waals surface area contributed by atoms with Crippen LogP contribution in [0.2, 0.25) is 5.02 Å². The molecule has 1 aliphatic rings. The number of aromatic nitrogens is 2. The van der Waals surface area contributed by atoms with Gasteiger partial charge in [0, 0.05) is 23.3 Å². The molecular formula is C21H19ClN4O3S2. The Kier molecular flexibility index (Phi) is 5.67. The summed E-state index contributed by atoms with van der Waals surface area (Å²) in [6, 6.07) is 10.8. The number of sulfonamides is 1. The molecule has 10 heteroatoms. The molecule has 2 aromatic carbocycles. The molecule has 1 N–H and O–H groups in total. The van der Waals surface area contributed by atoms with Crippen LogP contribution in [0.15, 0.2) is 52.6 Å². The van der Waals surface area contributed by atoms with Crippen molar-refractivity contribution in [1.82, 2.24) is 9.97 Å². The molecule has 3 aromatic rings. The number of hydrogen-bond donors (Lipinski definition) is 1. The number of para-hydroxylation sites is 1. The first-order valence-corrected chi connectivity index (χ1v) is 12.1. The lowest BCUT2D eigenvalue weighted by atomic mass is 10.1. The van der Waals surface area contributed by atoms with Gasteiger partial charge in [-0.2, -0.15) is 0 Å². The highest BCUT2D eigenvalue weighted by molar-refractivity contribution is 7.99. The van der Waals surface area contributed by atoms with E-state index >= 15 is 0 Å². The van der Waals surface area contributed by atoms with Gasteiger partial charge in [0.2, 0.25) is 5.91 Å². The maximum absolute atomic E-state index is 12.9. The smallest absolute Gasteiger partial charge is 0.267 e. The minimum absolute atomic E-state index is 0.0224. The Morgan fingerprint density at radius 1 is 1.19 bits per heavy atom. The molecule has 1 amide bonds. The number of nitrogens with zero attached hydrogens (tertiary/aromatic N) is 3. The standard InChI is InChI=1S/C21H19ClN4O3S2/c1-12-5-4-6-13(2)19(12)24-18(27)11-30-21-23-10-17-20(25-21)15-8-7-14(22)9-16(15)26(3)31(17,28)29/h4-10H,11H2,1-3H3,(H,24,27). The second-order valence-corrected chi connectivity index (χ2v) is 10.4. The molecule has 0 saturated heterocycles. The van der Waals surface area contributed by atoms with E-state index in [9.17, 15) is 13.2 Å². The van der Waals surface area contributed by atoms with Gasteiger partial charge in [0.1, 0.15) is 4.90 Å². The van der Waals surface area contributed by atoms with E-state index in [1.54, 1.807) is 18.2 Å². The van der Waals surface area contributed by atoms with Gasteiger partial charge in [-0.15, -0.1) is 0 Å². The fourth-order valence-electron chi connectivity index (χ4n) is 3.37. The van der Waals surface area contributed by atoms with Crippen LogP contribution in [0, 0.1) is 13.8 Å². The van der Waals surface area contributed by atoms with E-state index in [2.05, 4.69) is 15.3 Å². The van der Waals surface area contributed by atoms with Crippen LogP contribution in [0.5, 0.6) is 0 Å². The van der Waals surface area contributed by atoms with Crippen molar-refractivity contribution in [3.8, 4) is 11.3 Å². The minimum Gasteiger partial charge on any atom is -0.325 e. The predicted octanol–water partition coefficient (Wildman–Crippen LogP) is 4.28. The summed E-state index contributed by atoms with van der Waals surface area (Å²) in [5, 5.41) is 3.66. The highest BCUT2D eigenvalue weighted by Crippen LogP contribution is 2.42. The fourth-order valence-corrected chi connectivity index (χ4v) is 5.44. The molecule has 0 spiro atoms. The number of anilines is 2. The van der Waals surface area contributed by atoms with Crippen LogP contribution in [0.3, 0.4) is 0 Å². The summed E-state index contributed by atoms with van der Waals surface area (Å²) in [5.41, 5.74) is 4.14. The first kappa shape index (κ1) is 21.6. The quantitative estimate of drug-likeness (QED) is 0.448. The summed E-state index contributed by atoms with van der Waals surface area (Å²) < 4.78 is 26.9. The van der Waals surface area contributed by atoms with E-state index in [1.807, 2.05) is 32.0 Å². The van der Waals surface area contributed by atoms with E-state index < -0.39 is 10.0 Å². The molecule has 1 aromatic heterocycles. The summed E-state index contributed by atoms with van der Waals surface area (Å²) in [5.74, 6) is -0.101. The van der Waals surface area contributed by atoms with Crippen LogP contribution in [0.4, 0.5) is 11.4 Å². The van der Waals surface area contributed by atoms with Crippen molar-refractivity contribution in [2.24, 2.45) is 0 Å². The van der Waals surface area contributed by atoms with Crippen LogP contribution in [-0.4, -0.2) is 37.1 Å². The number of nitrogens with one attached hydrogen (secondary N) is 1. The van der Waals surface area contributed by atoms with E-state index in [0.29, 0.717) is 27.1 Å². The van der Waals surface area contributed by atoms with Gasteiger partial charge < -0.3 is 5.32 Å². The molecule has 0 saturated carbocycles. The number of halogens is 1. The Labute approximate surface area is 189 Å². The van der Waals surface area contributed by atoms with Gasteiger partial charge in [-0.25, -0.2) is 18.4 Å².